The zero-order valence-electron chi connectivity index (χ0n) is 15.9. The maximum Gasteiger partial charge on any atom is 0.337 e. The summed E-state index contributed by atoms with van der Waals surface area (Å²) < 4.78 is 8.03. The fraction of sp³-hybridized carbons (Fsp3) is 0.300. The predicted molar refractivity (Wildman–Crippen MR) is 107 cm³/mol. The van der Waals surface area contributed by atoms with E-state index in [0.717, 1.165) is 19.3 Å². The number of hydrogen-bond acceptors (Lipinski definition) is 5. The highest BCUT2D eigenvalue weighted by Crippen LogP contribution is 2.31. The summed E-state index contributed by atoms with van der Waals surface area (Å²) >= 11 is 0. The summed E-state index contributed by atoms with van der Waals surface area (Å²) in [6.45, 7) is 6.81. The fourth-order valence-electron chi connectivity index (χ4n) is 3.26. The molecular formula is C20H22N4O5. The van der Waals surface area contributed by atoms with Gasteiger partial charge >= 0.3 is 17.1 Å². The number of rotatable bonds is 7. The van der Waals surface area contributed by atoms with Gasteiger partial charge in [0.15, 0.2) is 0 Å². The first-order valence-corrected chi connectivity index (χ1v) is 9.15. The van der Waals surface area contributed by atoms with Crippen LogP contribution in [-0.4, -0.2) is 26.2 Å². The Morgan fingerprint density at radius 3 is 2.24 bits per heavy atom. The zero-order valence-corrected chi connectivity index (χ0v) is 15.9. The molecule has 9 heteroatoms. The van der Waals surface area contributed by atoms with Gasteiger partial charge in [-0.15, -0.1) is 13.2 Å². The van der Waals surface area contributed by atoms with Crippen molar-refractivity contribution in [3.05, 3.63) is 86.6 Å². The van der Waals surface area contributed by atoms with E-state index in [1.54, 1.807) is 0 Å². The summed E-state index contributed by atoms with van der Waals surface area (Å²) in [5, 5.41) is 2.84. The van der Waals surface area contributed by atoms with E-state index in [-0.39, 0.29) is 19.1 Å². The van der Waals surface area contributed by atoms with Crippen molar-refractivity contribution in [3.63, 3.8) is 0 Å². The lowest BCUT2D eigenvalue weighted by atomic mass is 10.0. The number of fused-ring (bicyclic) bond motifs is 1. The van der Waals surface area contributed by atoms with Gasteiger partial charge in [0.2, 0.25) is 5.91 Å². The number of carbonyl (C=O) groups is 1. The van der Waals surface area contributed by atoms with Crippen LogP contribution in [0.25, 0.3) is 0 Å². The van der Waals surface area contributed by atoms with Gasteiger partial charge in [0.05, 0.1) is 25.7 Å². The lowest BCUT2D eigenvalue weighted by Crippen LogP contribution is -2.55. The second-order valence-electron chi connectivity index (χ2n) is 6.53. The number of ether oxygens (including phenoxy) is 1. The van der Waals surface area contributed by atoms with E-state index in [1.807, 2.05) is 24.3 Å². The van der Waals surface area contributed by atoms with Crippen molar-refractivity contribution < 1.29 is 9.53 Å². The minimum atomic E-state index is -0.859. The van der Waals surface area contributed by atoms with Gasteiger partial charge in [-0.1, -0.05) is 30.4 Å². The first kappa shape index (κ1) is 20.1. The van der Waals surface area contributed by atoms with E-state index in [4.69, 9.17) is 4.74 Å². The van der Waals surface area contributed by atoms with E-state index in [2.05, 4.69) is 18.5 Å². The number of benzene rings is 1. The Labute approximate surface area is 166 Å². The second-order valence-corrected chi connectivity index (χ2v) is 6.53. The Morgan fingerprint density at radius 1 is 1.03 bits per heavy atom. The van der Waals surface area contributed by atoms with Crippen molar-refractivity contribution in [1.29, 1.82) is 0 Å². The quantitative estimate of drug-likeness (QED) is 0.670. The molecule has 0 fully saturated rings. The Balaban J connectivity index is 1.92. The maximum absolute atomic E-state index is 12.6. The van der Waals surface area contributed by atoms with E-state index < -0.39 is 29.5 Å². The molecule has 1 aliphatic rings. The monoisotopic (exact) mass is 398 g/mol. The number of amides is 1. The average Bonchev–Trinajstić information content (AvgIpc) is 2.72. The highest BCUT2D eigenvalue weighted by Gasteiger charge is 2.24. The molecule has 1 atom stereocenters. The van der Waals surface area contributed by atoms with Crippen molar-refractivity contribution in [1.82, 2.24) is 19.0 Å². The molecule has 0 saturated heterocycles. The normalized spacial score (nSPS) is 15.1. The summed E-state index contributed by atoms with van der Waals surface area (Å²) in [6.07, 6.45) is 3.30. The van der Waals surface area contributed by atoms with Gasteiger partial charge in [-0.2, -0.15) is 0 Å². The third kappa shape index (κ3) is 3.98. The van der Waals surface area contributed by atoms with Crippen molar-refractivity contribution in [3.8, 4) is 5.75 Å². The van der Waals surface area contributed by atoms with Gasteiger partial charge in [-0.25, -0.2) is 28.1 Å². The van der Waals surface area contributed by atoms with Crippen molar-refractivity contribution in [2.24, 2.45) is 0 Å². The lowest BCUT2D eigenvalue weighted by Gasteiger charge is -2.26. The van der Waals surface area contributed by atoms with Crippen LogP contribution in [0.5, 0.6) is 5.75 Å². The Kier molecular flexibility index (Phi) is 5.96. The van der Waals surface area contributed by atoms with E-state index >= 15 is 0 Å². The third-order valence-electron chi connectivity index (χ3n) is 4.60. The summed E-state index contributed by atoms with van der Waals surface area (Å²) in [7, 11) is 0. The van der Waals surface area contributed by atoms with Gasteiger partial charge in [-0.3, -0.25) is 4.79 Å². The largest absolute Gasteiger partial charge is 0.493 e. The molecule has 1 aromatic heterocycles. The van der Waals surface area contributed by atoms with Crippen molar-refractivity contribution in [2.75, 3.05) is 6.61 Å². The molecule has 2 aromatic rings. The van der Waals surface area contributed by atoms with Gasteiger partial charge in [0, 0.05) is 12.0 Å². The van der Waals surface area contributed by atoms with Crippen LogP contribution in [-0.2, 0) is 24.4 Å². The third-order valence-corrected chi connectivity index (χ3v) is 4.60. The molecule has 152 valence electrons. The molecule has 0 bridgehead atoms. The maximum atomic E-state index is 12.6. The van der Waals surface area contributed by atoms with E-state index in [1.165, 1.54) is 12.2 Å². The van der Waals surface area contributed by atoms with Gasteiger partial charge < -0.3 is 10.1 Å². The Hall–Kier alpha value is -3.62. The number of carbonyl (C=O) groups excluding carboxylic acids is 1. The zero-order chi connectivity index (χ0) is 21.0. The molecule has 3 rings (SSSR count). The SMILES string of the molecule is C=CCn1c(=O)n(CC=C)c(=O)n(CC(=O)NC2CCOc3ccccc32)c1=O. The first-order valence-electron chi connectivity index (χ1n) is 9.15. The minimum absolute atomic E-state index is 0.0793. The number of para-hydroxylation sites is 1. The predicted octanol–water partition coefficient (Wildman–Crippen LogP) is 0.184. The summed E-state index contributed by atoms with van der Waals surface area (Å²) in [4.78, 5) is 50.3. The Morgan fingerprint density at radius 2 is 1.62 bits per heavy atom. The molecule has 1 amide bonds. The molecule has 29 heavy (non-hydrogen) atoms. The van der Waals surface area contributed by atoms with Gasteiger partial charge in [-0.05, 0) is 6.07 Å². The molecule has 1 aliphatic heterocycles. The fourth-order valence-corrected chi connectivity index (χ4v) is 3.26. The van der Waals surface area contributed by atoms with E-state index in [9.17, 15) is 19.2 Å². The Bertz CT molecular complexity index is 1080. The molecule has 0 spiro atoms. The van der Waals surface area contributed by atoms with Crippen LogP contribution in [0.2, 0.25) is 0 Å². The molecule has 0 saturated carbocycles. The molecule has 0 aliphatic carbocycles. The number of allylic oxidation sites excluding steroid dienone is 2. The van der Waals surface area contributed by atoms with E-state index in [0.29, 0.717) is 18.8 Å². The number of aromatic nitrogens is 3. The van der Waals surface area contributed by atoms with Crippen LogP contribution < -0.4 is 27.1 Å². The topological polar surface area (TPSA) is 104 Å². The molecule has 0 radical (unpaired) electrons. The van der Waals surface area contributed by atoms with Crippen LogP contribution in [0, 0.1) is 0 Å². The van der Waals surface area contributed by atoms with Crippen molar-refractivity contribution >= 4 is 5.91 Å². The number of nitrogens with one attached hydrogen (secondary N) is 1. The summed E-state index contributed by atoms with van der Waals surface area (Å²) in [6, 6.07) is 7.06. The van der Waals surface area contributed by atoms with Crippen LogP contribution in [0.15, 0.2) is 64.0 Å². The minimum Gasteiger partial charge on any atom is -0.493 e. The highest BCUT2D eigenvalue weighted by molar-refractivity contribution is 5.76. The molecule has 1 aromatic carbocycles. The lowest BCUT2D eigenvalue weighted by molar-refractivity contribution is -0.122. The van der Waals surface area contributed by atoms with Crippen LogP contribution in [0.3, 0.4) is 0 Å². The molecular weight excluding hydrogens is 376 g/mol. The van der Waals surface area contributed by atoms with Gasteiger partial charge in [0.1, 0.15) is 12.3 Å². The summed E-state index contributed by atoms with van der Waals surface area (Å²) in [5.74, 6) is 0.175. The first-order chi connectivity index (χ1) is 14.0. The number of hydrogen-bond donors (Lipinski definition) is 1. The molecule has 1 N–H and O–H groups in total. The van der Waals surface area contributed by atoms with Crippen LogP contribution in [0.4, 0.5) is 0 Å². The van der Waals surface area contributed by atoms with Crippen LogP contribution >= 0.6 is 0 Å². The molecule has 1 unspecified atom stereocenters. The standard InChI is InChI=1S/C20H22N4O5/c1-3-10-22-18(26)23(11-4-2)20(28)24(19(22)27)13-17(25)21-15-9-12-29-16-8-6-5-7-14(15)16/h3-8,15H,1-2,9-13H2,(H,21,25). The summed E-state index contributed by atoms with van der Waals surface area (Å²) in [5.41, 5.74) is -1.65. The molecule has 9 nitrogen and oxygen atoms in total. The number of nitrogens with zero attached hydrogens (tertiary/aromatic N) is 3. The van der Waals surface area contributed by atoms with Crippen molar-refractivity contribution in [2.45, 2.75) is 32.1 Å². The van der Waals surface area contributed by atoms with Gasteiger partial charge in [0.25, 0.3) is 0 Å². The molecule has 2 heterocycles. The second kappa shape index (κ2) is 8.59. The smallest absolute Gasteiger partial charge is 0.337 e. The average molecular weight is 398 g/mol. The van der Waals surface area contributed by atoms with Crippen LogP contribution in [0.1, 0.15) is 18.0 Å². The highest BCUT2D eigenvalue weighted by atomic mass is 16.5.